The van der Waals surface area contributed by atoms with Crippen LogP contribution in [0.25, 0.3) is 0 Å². The molecule has 8 nitrogen and oxygen atoms in total. The van der Waals surface area contributed by atoms with Crippen molar-refractivity contribution in [1.29, 1.82) is 0 Å². The highest BCUT2D eigenvalue weighted by Crippen LogP contribution is 2.30. The zero-order valence-electron chi connectivity index (χ0n) is 22.4. The van der Waals surface area contributed by atoms with Crippen LogP contribution in [0.2, 0.25) is 0 Å². The molecule has 0 saturated heterocycles. The normalized spacial score (nSPS) is 12.5. The van der Waals surface area contributed by atoms with Gasteiger partial charge in [-0.2, -0.15) is 0 Å². The number of hydrogen-bond donors (Lipinski definition) is 1. The molecule has 0 heterocycles. The van der Waals surface area contributed by atoms with Gasteiger partial charge in [-0.05, 0) is 58.7 Å². The highest BCUT2D eigenvalue weighted by molar-refractivity contribution is 7.92. The quantitative estimate of drug-likeness (QED) is 0.488. The Balaban J connectivity index is 2.51. The number of rotatable bonds is 11. The zero-order chi connectivity index (χ0) is 27.1. The number of amides is 2. The summed E-state index contributed by atoms with van der Waals surface area (Å²) in [6.07, 6.45) is 1.42. The number of nitrogens with one attached hydrogen (secondary N) is 1. The van der Waals surface area contributed by atoms with Gasteiger partial charge >= 0.3 is 0 Å². The van der Waals surface area contributed by atoms with Gasteiger partial charge in [0.05, 0.1) is 18.6 Å². The fourth-order valence-electron chi connectivity index (χ4n) is 3.92. The van der Waals surface area contributed by atoms with Crippen molar-refractivity contribution in [2.24, 2.45) is 0 Å². The van der Waals surface area contributed by atoms with Crippen molar-refractivity contribution < 1.29 is 22.7 Å². The zero-order valence-corrected chi connectivity index (χ0v) is 23.2. The van der Waals surface area contributed by atoms with Gasteiger partial charge in [-0.15, -0.1) is 0 Å². The fraction of sp³-hybridized carbons (Fsp3) is 0.481. The maximum absolute atomic E-state index is 13.8. The van der Waals surface area contributed by atoms with Gasteiger partial charge < -0.3 is 15.0 Å². The SMILES string of the molecule is CCOc1ccccc1N(CC(=O)N(Cc1cccc(C)c1)C(CC)C(=O)NC(C)(C)C)S(C)(=O)=O. The lowest BCUT2D eigenvalue weighted by molar-refractivity contribution is -0.141. The van der Waals surface area contributed by atoms with E-state index in [2.05, 4.69) is 5.32 Å². The van der Waals surface area contributed by atoms with Gasteiger partial charge in [0.15, 0.2) is 0 Å². The Bertz CT molecular complexity index is 1160. The van der Waals surface area contributed by atoms with E-state index in [1.807, 2.05) is 58.9 Å². The van der Waals surface area contributed by atoms with Gasteiger partial charge in [0.1, 0.15) is 18.3 Å². The molecule has 0 fully saturated rings. The summed E-state index contributed by atoms with van der Waals surface area (Å²) in [6, 6.07) is 13.6. The third-order valence-corrected chi connectivity index (χ3v) is 6.56. The lowest BCUT2D eigenvalue weighted by Crippen LogP contribution is -2.55. The van der Waals surface area contributed by atoms with Crippen LogP contribution in [0, 0.1) is 6.92 Å². The van der Waals surface area contributed by atoms with Gasteiger partial charge in [0, 0.05) is 12.1 Å². The number of ether oxygens (including phenoxy) is 1. The van der Waals surface area contributed by atoms with Crippen LogP contribution >= 0.6 is 0 Å². The highest BCUT2D eigenvalue weighted by Gasteiger charge is 2.33. The van der Waals surface area contributed by atoms with E-state index in [9.17, 15) is 18.0 Å². The second-order valence-electron chi connectivity index (χ2n) is 9.84. The Morgan fingerprint density at radius 3 is 2.28 bits per heavy atom. The second kappa shape index (κ2) is 12.3. The average molecular weight is 518 g/mol. The molecule has 0 spiro atoms. The van der Waals surface area contributed by atoms with Crippen molar-refractivity contribution in [3.05, 3.63) is 59.7 Å². The van der Waals surface area contributed by atoms with Crippen molar-refractivity contribution in [1.82, 2.24) is 10.2 Å². The first-order chi connectivity index (χ1) is 16.8. The van der Waals surface area contributed by atoms with Crippen molar-refractivity contribution in [2.75, 3.05) is 23.7 Å². The molecule has 0 saturated carbocycles. The van der Waals surface area contributed by atoms with E-state index in [1.54, 1.807) is 31.2 Å². The molecule has 1 N–H and O–H groups in total. The predicted molar refractivity (Wildman–Crippen MR) is 144 cm³/mol. The average Bonchev–Trinajstić information content (AvgIpc) is 2.76. The largest absolute Gasteiger partial charge is 0.492 e. The first-order valence-corrected chi connectivity index (χ1v) is 14.0. The van der Waals surface area contributed by atoms with E-state index in [0.29, 0.717) is 18.8 Å². The monoisotopic (exact) mass is 517 g/mol. The summed E-state index contributed by atoms with van der Waals surface area (Å²) >= 11 is 0. The molecule has 1 unspecified atom stereocenters. The topological polar surface area (TPSA) is 96.0 Å². The minimum atomic E-state index is -3.84. The van der Waals surface area contributed by atoms with Gasteiger partial charge in [-0.1, -0.05) is 48.9 Å². The Kier molecular flexibility index (Phi) is 9.93. The summed E-state index contributed by atoms with van der Waals surface area (Å²) in [5.41, 5.74) is 1.66. The molecular weight excluding hydrogens is 478 g/mol. The van der Waals surface area contributed by atoms with Gasteiger partial charge in [0.2, 0.25) is 21.8 Å². The van der Waals surface area contributed by atoms with E-state index in [4.69, 9.17) is 4.74 Å². The van der Waals surface area contributed by atoms with Crippen LogP contribution in [0.3, 0.4) is 0 Å². The lowest BCUT2D eigenvalue weighted by atomic mass is 10.0. The lowest BCUT2D eigenvalue weighted by Gasteiger charge is -2.34. The Hall–Kier alpha value is -3.07. The Labute approximate surface area is 215 Å². The van der Waals surface area contributed by atoms with Crippen molar-refractivity contribution in [3.63, 3.8) is 0 Å². The minimum Gasteiger partial charge on any atom is -0.492 e. The maximum atomic E-state index is 13.8. The number of hydrogen-bond acceptors (Lipinski definition) is 5. The minimum absolute atomic E-state index is 0.168. The maximum Gasteiger partial charge on any atom is 0.244 e. The molecule has 2 aromatic rings. The summed E-state index contributed by atoms with van der Waals surface area (Å²) in [4.78, 5) is 28.5. The molecule has 198 valence electrons. The predicted octanol–water partition coefficient (Wildman–Crippen LogP) is 3.88. The van der Waals surface area contributed by atoms with Crippen LogP contribution in [0.1, 0.15) is 52.2 Å². The molecule has 0 aliphatic carbocycles. The molecule has 0 aromatic heterocycles. The van der Waals surface area contributed by atoms with Gasteiger partial charge in [-0.3, -0.25) is 13.9 Å². The van der Waals surface area contributed by atoms with E-state index in [-0.39, 0.29) is 18.1 Å². The number of nitrogens with zero attached hydrogens (tertiary/aromatic N) is 2. The third kappa shape index (κ3) is 8.26. The third-order valence-electron chi connectivity index (χ3n) is 5.43. The van der Waals surface area contributed by atoms with E-state index in [0.717, 1.165) is 21.7 Å². The molecule has 1 atom stereocenters. The Morgan fingerprint density at radius 1 is 1.06 bits per heavy atom. The number of benzene rings is 2. The van der Waals surface area contributed by atoms with Crippen LogP contribution < -0.4 is 14.4 Å². The molecular formula is C27H39N3O5S. The number of anilines is 1. The second-order valence-corrected chi connectivity index (χ2v) is 11.8. The first kappa shape index (κ1) is 29.2. The van der Waals surface area contributed by atoms with Crippen LogP contribution in [-0.4, -0.2) is 56.1 Å². The van der Waals surface area contributed by atoms with Gasteiger partial charge in [0.25, 0.3) is 0 Å². The van der Waals surface area contributed by atoms with Crippen molar-refractivity contribution in [3.8, 4) is 5.75 Å². The number of sulfonamides is 1. The molecule has 0 aliphatic rings. The fourth-order valence-corrected chi connectivity index (χ4v) is 4.77. The standard InChI is InChI=1S/C27H39N3O5S/c1-8-22(26(32)28-27(4,5)6)29(18-21-14-12-13-20(3)17-21)25(31)19-30(36(7,33)34)23-15-10-11-16-24(23)35-9-2/h10-17,22H,8-9,18-19H2,1-7H3,(H,28,32). The molecule has 9 heteroatoms. The molecule has 0 aliphatic heterocycles. The van der Waals surface area contributed by atoms with Crippen molar-refractivity contribution >= 4 is 27.5 Å². The summed E-state index contributed by atoms with van der Waals surface area (Å²) in [5.74, 6) is -0.406. The number of carbonyl (C=O) groups excluding carboxylic acids is 2. The van der Waals surface area contributed by atoms with Crippen LogP contribution in [0.5, 0.6) is 5.75 Å². The highest BCUT2D eigenvalue weighted by atomic mass is 32.2. The van der Waals surface area contributed by atoms with Crippen LogP contribution in [0.15, 0.2) is 48.5 Å². The summed E-state index contributed by atoms with van der Waals surface area (Å²) in [6.45, 7) is 11.3. The molecule has 0 bridgehead atoms. The summed E-state index contributed by atoms with van der Waals surface area (Å²) in [7, 11) is -3.84. The first-order valence-electron chi connectivity index (χ1n) is 12.1. The van der Waals surface area contributed by atoms with E-state index >= 15 is 0 Å². The molecule has 36 heavy (non-hydrogen) atoms. The number of carbonyl (C=O) groups is 2. The molecule has 0 radical (unpaired) electrons. The van der Waals surface area contributed by atoms with Crippen LogP contribution in [-0.2, 0) is 26.2 Å². The molecule has 2 rings (SSSR count). The molecule has 2 aromatic carbocycles. The van der Waals surface area contributed by atoms with Crippen molar-refractivity contribution in [2.45, 2.75) is 66.1 Å². The van der Waals surface area contributed by atoms with E-state index in [1.165, 1.54) is 4.90 Å². The van der Waals surface area contributed by atoms with E-state index < -0.39 is 34.1 Å². The smallest absolute Gasteiger partial charge is 0.244 e. The summed E-state index contributed by atoms with van der Waals surface area (Å²) < 4.78 is 32.3. The number of aryl methyl sites for hydroxylation is 1. The Morgan fingerprint density at radius 2 is 1.72 bits per heavy atom. The number of para-hydroxylation sites is 2. The molecule has 2 amide bonds. The van der Waals surface area contributed by atoms with Gasteiger partial charge in [-0.25, -0.2) is 8.42 Å². The summed E-state index contributed by atoms with van der Waals surface area (Å²) in [5, 5.41) is 2.96. The van der Waals surface area contributed by atoms with Crippen LogP contribution in [0.4, 0.5) is 5.69 Å².